The van der Waals surface area contributed by atoms with Gasteiger partial charge >= 0.3 is 0 Å². The molecule has 2 N–H and O–H groups in total. The summed E-state index contributed by atoms with van der Waals surface area (Å²) in [5.74, 6) is 5.53. The molecule has 4 nitrogen and oxygen atoms in total. The highest BCUT2D eigenvalue weighted by molar-refractivity contribution is 5.21. The third-order valence-electron chi connectivity index (χ3n) is 12.1. The molecule has 0 aromatic rings. The van der Waals surface area contributed by atoms with Crippen LogP contribution in [0.1, 0.15) is 131 Å². The van der Waals surface area contributed by atoms with Crippen molar-refractivity contribution >= 4 is 0 Å². The van der Waals surface area contributed by atoms with Crippen LogP contribution in [-0.4, -0.2) is 72.1 Å². The molecule has 3 rings (SSSR count). The van der Waals surface area contributed by atoms with Gasteiger partial charge in [-0.3, -0.25) is 4.90 Å². The largest absolute Gasteiger partial charge is 0.381 e. The number of piperidine rings is 1. The Morgan fingerprint density at radius 2 is 1.73 bits per heavy atom. The van der Waals surface area contributed by atoms with Gasteiger partial charge in [-0.15, -0.1) is 13.0 Å². The monoisotopic (exact) mass is 621 g/mol. The zero-order valence-corrected chi connectivity index (χ0v) is 30.9. The highest BCUT2D eigenvalue weighted by atomic mass is 15.2. The molecule has 45 heavy (non-hydrogen) atoms. The average molecular weight is 621 g/mol. The second-order valence-electron chi connectivity index (χ2n) is 15.4. The van der Waals surface area contributed by atoms with Crippen molar-refractivity contribution in [2.75, 3.05) is 27.2 Å². The molecule has 0 amide bonds. The quantitative estimate of drug-likeness (QED) is 0.130. The molecule has 0 spiro atoms. The predicted octanol–water partition coefficient (Wildman–Crippen LogP) is 9.04. The number of hydrogen-bond donors (Lipinski definition) is 1. The van der Waals surface area contributed by atoms with Gasteiger partial charge in [0.2, 0.25) is 0 Å². The van der Waals surface area contributed by atoms with Crippen molar-refractivity contribution < 1.29 is 0 Å². The lowest BCUT2D eigenvalue weighted by atomic mass is 9.78. The lowest BCUT2D eigenvalue weighted by molar-refractivity contribution is 0.0454. The Labute approximate surface area is 280 Å². The van der Waals surface area contributed by atoms with Crippen LogP contribution in [0.5, 0.6) is 0 Å². The van der Waals surface area contributed by atoms with Gasteiger partial charge in [0, 0.05) is 55.8 Å². The summed E-state index contributed by atoms with van der Waals surface area (Å²) in [5, 5.41) is 0. The fraction of sp³-hybridized carbons (Fsp3) is 0.805. The van der Waals surface area contributed by atoms with Gasteiger partial charge < -0.3 is 15.5 Å². The van der Waals surface area contributed by atoms with Crippen LogP contribution in [0.15, 0.2) is 35.6 Å². The summed E-state index contributed by atoms with van der Waals surface area (Å²) in [7, 11) is 4.54. The van der Waals surface area contributed by atoms with E-state index in [1.807, 2.05) is 0 Å². The van der Waals surface area contributed by atoms with E-state index in [1.165, 1.54) is 70.9 Å². The third kappa shape index (κ3) is 9.98. The van der Waals surface area contributed by atoms with Crippen LogP contribution in [0.2, 0.25) is 0 Å². The number of likely N-dealkylation sites (tertiary alicyclic amines) is 1. The molecule has 0 unspecified atom stereocenters. The molecule has 1 saturated heterocycles. The number of nitrogens with zero attached hydrogens (tertiary/aromatic N) is 3. The molecule has 8 atom stereocenters. The van der Waals surface area contributed by atoms with E-state index in [1.54, 1.807) is 16.8 Å². The van der Waals surface area contributed by atoms with Gasteiger partial charge in [-0.25, -0.2) is 0 Å². The first-order valence-electron chi connectivity index (χ1n) is 19.0. The Morgan fingerprint density at radius 3 is 2.24 bits per heavy atom. The Bertz CT molecular complexity index is 987. The van der Waals surface area contributed by atoms with Gasteiger partial charge in [0.05, 0.1) is 6.04 Å². The van der Waals surface area contributed by atoms with Crippen molar-refractivity contribution in [1.82, 2.24) is 14.7 Å². The van der Waals surface area contributed by atoms with E-state index in [-0.39, 0.29) is 12.1 Å². The Morgan fingerprint density at radius 1 is 1.04 bits per heavy atom. The molecular weight excluding hydrogens is 548 g/mol. The van der Waals surface area contributed by atoms with Crippen molar-refractivity contribution in [2.24, 2.45) is 29.4 Å². The molecule has 4 heteroatoms. The second-order valence-corrected chi connectivity index (χ2v) is 15.4. The van der Waals surface area contributed by atoms with Gasteiger partial charge in [0.1, 0.15) is 0 Å². The maximum atomic E-state index is 6.57. The highest BCUT2D eigenvalue weighted by Gasteiger charge is 2.37. The molecule has 0 aromatic heterocycles. The van der Waals surface area contributed by atoms with Crippen LogP contribution in [0.3, 0.4) is 0 Å². The standard InChI is InChI=1S/C41H72N4/c1-11-17-38(33(8)42)39(14-4)45(32(7)13-3)40(18-12-2)31(6)24-23-30(5)36-21-16-22-37(29-36)44-27-25-35(26-28-44)41(43(9)10)34-19-15-20-34/h4,12,23,31-33,35-40H,2,11,13,15-22,24-29,42H2,1,3,5-10H3/b30-23+/t31-,32+,33+,36+,37-,38-,39+,40+/m1/s1. The van der Waals surface area contributed by atoms with E-state index >= 15 is 0 Å². The Kier molecular flexibility index (Phi) is 15.8. The number of hydrogen-bond acceptors (Lipinski definition) is 4. The predicted molar refractivity (Wildman–Crippen MR) is 197 cm³/mol. The first kappa shape index (κ1) is 37.9. The van der Waals surface area contributed by atoms with Crippen molar-refractivity contribution in [3.8, 4) is 12.3 Å². The van der Waals surface area contributed by atoms with E-state index in [2.05, 4.69) is 95.0 Å². The van der Waals surface area contributed by atoms with Gasteiger partial charge in [0.15, 0.2) is 0 Å². The molecule has 2 aliphatic carbocycles. The topological polar surface area (TPSA) is 35.7 Å². The van der Waals surface area contributed by atoms with Gasteiger partial charge in [-0.05, 0) is 123 Å². The summed E-state index contributed by atoms with van der Waals surface area (Å²) in [6.07, 6.45) is 28.5. The van der Waals surface area contributed by atoms with E-state index in [0.29, 0.717) is 23.9 Å². The normalized spacial score (nSPS) is 25.9. The molecule has 2 saturated carbocycles. The Balaban J connectivity index is 1.66. The third-order valence-corrected chi connectivity index (χ3v) is 12.1. The second kappa shape index (κ2) is 18.7. The van der Waals surface area contributed by atoms with Crippen LogP contribution in [0.25, 0.3) is 0 Å². The van der Waals surface area contributed by atoms with Crippen LogP contribution in [0, 0.1) is 36.0 Å². The van der Waals surface area contributed by atoms with Gasteiger partial charge in [0.25, 0.3) is 0 Å². The minimum absolute atomic E-state index is 0.0549. The molecule has 3 aliphatic rings. The number of nitrogens with two attached hydrogens (primary N) is 1. The minimum atomic E-state index is 0.0549. The van der Waals surface area contributed by atoms with E-state index in [4.69, 9.17) is 12.2 Å². The number of rotatable bonds is 17. The molecule has 0 bridgehead atoms. The van der Waals surface area contributed by atoms with E-state index in [9.17, 15) is 0 Å². The van der Waals surface area contributed by atoms with Crippen LogP contribution in [-0.2, 0) is 0 Å². The first-order valence-corrected chi connectivity index (χ1v) is 19.0. The van der Waals surface area contributed by atoms with Crippen molar-refractivity contribution in [3.63, 3.8) is 0 Å². The van der Waals surface area contributed by atoms with Gasteiger partial charge in [-0.2, -0.15) is 0 Å². The summed E-state index contributed by atoms with van der Waals surface area (Å²) in [4.78, 5) is 7.98. The molecule has 3 fully saturated rings. The van der Waals surface area contributed by atoms with Crippen molar-refractivity contribution in [3.05, 3.63) is 35.6 Å². The fourth-order valence-electron chi connectivity index (χ4n) is 9.03. The summed E-state index contributed by atoms with van der Waals surface area (Å²) < 4.78 is 0. The summed E-state index contributed by atoms with van der Waals surface area (Å²) in [6.45, 7) is 20.6. The first-order chi connectivity index (χ1) is 21.6. The molecule has 256 valence electrons. The zero-order valence-electron chi connectivity index (χ0n) is 30.9. The number of terminal acetylenes is 1. The summed E-state index contributed by atoms with van der Waals surface area (Å²) in [6, 6.07) is 1.66. The summed E-state index contributed by atoms with van der Waals surface area (Å²) in [5.41, 5.74) is 11.6. The van der Waals surface area contributed by atoms with Gasteiger partial charge in [-0.1, -0.05) is 62.8 Å². The zero-order chi connectivity index (χ0) is 33.1. The van der Waals surface area contributed by atoms with E-state index < -0.39 is 0 Å². The Hall–Kier alpha value is -1.54. The lowest BCUT2D eigenvalue weighted by Gasteiger charge is -2.46. The van der Waals surface area contributed by atoms with Crippen molar-refractivity contribution in [2.45, 2.75) is 162 Å². The summed E-state index contributed by atoms with van der Waals surface area (Å²) >= 11 is 0. The van der Waals surface area contributed by atoms with Crippen LogP contribution < -0.4 is 5.73 Å². The molecular formula is C41H72N4. The molecule has 0 radical (unpaired) electrons. The molecule has 0 aromatic carbocycles. The van der Waals surface area contributed by atoms with E-state index in [0.717, 1.165) is 50.0 Å². The van der Waals surface area contributed by atoms with Crippen LogP contribution >= 0.6 is 0 Å². The number of allylic oxidation sites excluding steroid dienone is 4. The molecule has 1 aliphatic heterocycles. The fourth-order valence-corrected chi connectivity index (χ4v) is 9.03. The average Bonchev–Trinajstić information content (AvgIpc) is 3.01. The highest BCUT2D eigenvalue weighted by Crippen LogP contribution is 2.39. The lowest BCUT2D eigenvalue weighted by Crippen LogP contribution is -2.55. The maximum Gasteiger partial charge on any atom is 0.0760 e. The maximum absolute atomic E-state index is 6.57. The van der Waals surface area contributed by atoms with Crippen molar-refractivity contribution in [1.29, 1.82) is 0 Å². The minimum Gasteiger partial charge on any atom is -0.381 e. The smallest absolute Gasteiger partial charge is 0.0760 e. The SMILES string of the molecule is C#C[C@@H]([C@H](CCC)[C@H](C)N)N([C@@H](C)CC)[C@@H](CC=C)[C@H](C)C/C=C(\C)[C@H]1CCC[C@@H](N2CCC(C(=C3CCC3)N(C)C)CC2)C1. The molecule has 1 heterocycles. The van der Waals surface area contributed by atoms with Crippen LogP contribution in [0.4, 0.5) is 0 Å².